The average molecular weight is 466 g/mol. The molecule has 1 aliphatic heterocycles. The van der Waals surface area contributed by atoms with Crippen molar-refractivity contribution in [3.8, 4) is 5.75 Å². The normalized spacial score (nSPS) is 15.9. The molecule has 180 valence electrons. The number of aryl methyl sites for hydroxylation is 1. The summed E-state index contributed by atoms with van der Waals surface area (Å²) in [4.78, 5) is 35.9. The van der Waals surface area contributed by atoms with Crippen LogP contribution in [-0.2, 0) is 16.1 Å². The summed E-state index contributed by atoms with van der Waals surface area (Å²) in [6.07, 6.45) is 3.60. The second-order valence-corrected chi connectivity index (χ2v) is 8.78. The molecule has 9 heteroatoms. The topological polar surface area (TPSA) is 111 Å². The number of methoxy groups -OCH3 is 1. The van der Waals surface area contributed by atoms with Gasteiger partial charge in [-0.2, -0.15) is 0 Å². The Labute approximate surface area is 198 Å². The Bertz CT molecular complexity index is 1210. The molecule has 9 nitrogen and oxygen atoms in total. The fraction of sp³-hybridized carbons (Fsp3) is 0.400. The van der Waals surface area contributed by atoms with E-state index in [9.17, 15) is 14.7 Å². The zero-order chi connectivity index (χ0) is 24.4. The number of pyridine rings is 1. The molecule has 4 rings (SSSR count). The van der Waals surface area contributed by atoms with Gasteiger partial charge in [-0.05, 0) is 32.0 Å². The van der Waals surface area contributed by atoms with E-state index in [2.05, 4.69) is 20.2 Å². The molecule has 1 fully saturated rings. The number of anilines is 1. The molecule has 2 aromatic heterocycles. The lowest BCUT2D eigenvalue weighted by Crippen LogP contribution is -2.49. The number of carboxylic acids is 1. The van der Waals surface area contributed by atoms with Gasteiger partial charge in [0.1, 0.15) is 11.8 Å². The van der Waals surface area contributed by atoms with E-state index in [0.29, 0.717) is 30.9 Å². The van der Waals surface area contributed by atoms with Crippen molar-refractivity contribution < 1.29 is 19.4 Å². The minimum atomic E-state index is -0.889. The smallest absolute Gasteiger partial charge is 0.325 e. The molecule has 3 aromatic rings. The highest BCUT2D eigenvalue weighted by Gasteiger charge is 2.32. The SMILES string of the molecule is COc1c(C)cnc(CN2CCN([C@@H](C(=O)O)c3c[nH]c4ccc(NC(C)=O)cc34)CC2)c1C. The third-order valence-electron chi connectivity index (χ3n) is 6.46. The van der Waals surface area contributed by atoms with Gasteiger partial charge < -0.3 is 20.1 Å². The fourth-order valence-electron chi connectivity index (χ4n) is 4.76. The van der Waals surface area contributed by atoms with E-state index < -0.39 is 12.0 Å². The number of amides is 1. The number of H-pyrrole nitrogens is 1. The van der Waals surface area contributed by atoms with Gasteiger partial charge in [-0.1, -0.05) is 0 Å². The molecule has 1 aromatic carbocycles. The molecular formula is C25H31N5O4. The molecule has 0 aliphatic carbocycles. The monoisotopic (exact) mass is 465 g/mol. The zero-order valence-corrected chi connectivity index (χ0v) is 20.0. The van der Waals surface area contributed by atoms with E-state index in [1.54, 1.807) is 19.4 Å². The van der Waals surface area contributed by atoms with Crippen molar-refractivity contribution >= 4 is 28.5 Å². The molecule has 0 radical (unpaired) electrons. The largest absolute Gasteiger partial charge is 0.496 e. The van der Waals surface area contributed by atoms with Crippen molar-refractivity contribution in [1.29, 1.82) is 0 Å². The lowest BCUT2D eigenvalue weighted by Gasteiger charge is -2.37. The van der Waals surface area contributed by atoms with Gasteiger partial charge in [0.25, 0.3) is 0 Å². The lowest BCUT2D eigenvalue weighted by atomic mass is 10.0. The standard InChI is InChI=1S/C25H31N5O4/c1-15-12-26-22(16(2)24(15)34-4)14-29-7-9-30(10-8-29)23(25(32)33)20-13-27-21-6-5-18(11-19(20)21)28-17(3)31/h5-6,11-13,23,27H,7-10,14H2,1-4H3,(H,28,31)(H,32,33)/t23-/m1/s1. The predicted molar refractivity (Wildman–Crippen MR) is 130 cm³/mol. The third kappa shape index (κ3) is 4.76. The average Bonchev–Trinajstić information content (AvgIpc) is 3.19. The predicted octanol–water partition coefficient (Wildman–Crippen LogP) is 3.09. The van der Waals surface area contributed by atoms with E-state index in [-0.39, 0.29) is 5.91 Å². The van der Waals surface area contributed by atoms with Crippen molar-refractivity contribution in [2.24, 2.45) is 0 Å². The highest BCUT2D eigenvalue weighted by atomic mass is 16.5. The Kier molecular flexibility index (Phi) is 6.85. The fourth-order valence-corrected chi connectivity index (χ4v) is 4.76. The number of nitrogens with one attached hydrogen (secondary N) is 2. The first kappa shape index (κ1) is 23.7. The van der Waals surface area contributed by atoms with E-state index in [0.717, 1.165) is 46.6 Å². The van der Waals surface area contributed by atoms with Crippen molar-refractivity contribution in [2.45, 2.75) is 33.4 Å². The maximum Gasteiger partial charge on any atom is 0.325 e. The van der Waals surface area contributed by atoms with Crippen LogP contribution >= 0.6 is 0 Å². The Hall–Kier alpha value is -3.43. The minimum absolute atomic E-state index is 0.168. The van der Waals surface area contributed by atoms with Gasteiger partial charge in [0.2, 0.25) is 5.91 Å². The number of hydrogen-bond acceptors (Lipinski definition) is 6. The number of nitrogens with zero attached hydrogens (tertiary/aromatic N) is 3. The first-order chi connectivity index (χ1) is 16.3. The number of aromatic nitrogens is 2. The van der Waals surface area contributed by atoms with Gasteiger partial charge >= 0.3 is 5.97 Å². The Morgan fingerprint density at radius 1 is 1.24 bits per heavy atom. The summed E-state index contributed by atoms with van der Waals surface area (Å²) in [5.74, 6) is -0.189. The van der Waals surface area contributed by atoms with Gasteiger partial charge in [-0.15, -0.1) is 0 Å². The van der Waals surface area contributed by atoms with Crippen LogP contribution in [0.15, 0.2) is 30.6 Å². The van der Waals surface area contributed by atoms with E-state index in [1.165, 1.54) is 6.92 Å². The molecule has 1 aliphatic rings. The van der Waals surface area contributed by atoms with E-state index >= 15 is 0 Å². The maximum absolute atomic E-state index is 12.4. The number of benzene rings is 1. The maximum atomic E-state index is 12.4. The highest BCUT2D eigenvalue weighted by molar-refractivity contribution is 5.95. The van der Waals surface area contributed by atoms with Crippen LogP contribution in [0.2, 0.25) is 0 Å². The number of fused-ring (bicyclic) bond motifs is 1. The van der Waals surface area contributed by atoms with Crippen molar-refractivity contribution in [2.75, 3.05) is 38.6 Å². The Morgan fingerprint density at radius 2 is 1.97 bits per heavy atom. The van der Waals surface area contributed by atoms with Gasteiger partial charge in [-0.25, -0.2) is 0 Å². The number of carbonyl (C=O) groups excluding carboxylic acids is 1. The van der Waals surface area contributed by atoms with E-state index in [4.69, 9.17) is 4.74 Å². The van der Waals surface area contributed by atoms with Crippen LogP contribution in [0.4, 0.5) is 5.69 Å². The summed E-state index contributed by atoms with van der Waals surface area (Å²) in [6, 6.07) is 4.71. The quantitative estimate of drug-likeness (QED) is 0.492. The Morgan fingerprint density at radius 3 is 2.62 bits per heavy atom. The number of hydrogen-bond donors (Lipinski definition) is 3. The van der Waals surface area contributed by atoms with Gasteiger partial charge in [0.05, 0.1) is 12.8 Å². The molecule has 1 atom stereocenters. The number of carbonyl (C=O) groups is 2. The van der Waals surface area contributed by atoms with Gasteiger partial charge in [-0.3, -0.25) is 24.4 Å². The lowest BCUT2D eigenvalue weighted by molar-refractivity contribution is -0.144. The van der Waals surface area contributed by atoms with Crippen molar-refractivity contribution in [3.05, 3.63) is 53.0 Å². The van der Waals surface area contributed by atoms with Crippen LogP contribution in [0.3, 0.4) is 0 Å². The molecule has 1 amide bonds. The molecule has 0 unspecified atom stereocenters. The summed E-state index contributed by atoms with van der Waals surface area (Å²) >= 11 is 0. The molecule has 34 heavy (non-hydrogen) atoms. The number of ether oxygens (including phenoxy) is 1. The van der Waals surface area contributed by atoms with Crippen molar-refractivity contribution in [3.63, 3.8) is 0 Å². The summed E-state index contributed by atoms with van der Waals surface area (Å²) in [6.45, 7) is 8.87. The molecular weight excluding hydrogens is 434 g/mol. The first-order valence-electron chi connectivity index (χ1n) is 11.4. The van der Waals surface area contributed by atoms with Crippen LogP contribution in [0, 0.1) is 13.8 Å². The number of aliphatic carboxylic acids is 1. The molecule has 1 saturated heterocycles. The molecule has 3 N–H and O–H groups in total. The summed E-state index contributed by atoms with van der Waals surface area (Å²) in [5.41, 5.74) is 5.21. The molecule has 0 bridgehead atoms. The number of aromatic amines is 1. The summed E-state index contributed by atoms with van der Waals surface area (Å²) in [5, 5.41) is 13.7. The second kappa shape index (κ2) is 9.82. The molecule has 3 heterocycles. The van der Waals surface area contributed by atoms with Crippen molar-refractivity contribution in [1.82, 2.24) is 19.8 Å². The number of piperazine rings is 1. The van der Waals surface area contributed by atoms with Crippen LogP contribution in [0.1, 0.15) is 35.3 Å². The summed E-state index contributed by atoms with van der Waals surface area (Å²) in [7, 11) is 1.67. The highest BCUT2D eigenvalue weighted by Crippen LogP contribution is 2.32. The zero-order valence-electron chi connectivity index (χ0n) is 20.0. The molecule has 0 saturated carbocycles. The number of rotatable bonds is 7. The minimum Gasteiger partial charge on any atom is -0.496 e. The van der Waals surface area contributed by atoms with Crippen LogP contribution in [0.5, 0.6) is 5.75 Å². The first-order valence-corrected chi connectivity index (χ1v) is 11.4. The van der Waals surface area contributed by atoms with Gasteiger partial charge in [0.15, 0.2) is 0 Å². The van der Waals surface area contributed by atoms with Gasteiger partial charge in [0, 0.05) is 85.3 Å². The summed E-state index contributed by atoms with van der Waals surface area (Å²) < 4.78 is 5.53. The van der Waals surface area contributed by atoms with Crippen LogP contribution in [-0.4, -0.2) is 70.0 Å². The van der Waals surface area contributed by atoms with Crippen LogP contribution < -0.4 is 10.1 Å². The number of carboxylic acid groups (broad SMARTS) is 1. The molecule has 0 spiro atoms. The van der Waals surface area contributed by atoms with E-state index in [1.807, 2.05) is 37.1 Å². The Balaban J connectivity index is 1.50. The third-order valence-corrected chi connectivity index (χ3v) is 6.46. The van der Waals surface area contributed by atoms with Crippen LogP contribution in [0.25, 0.3) is 10.9 Å². The second-order valence-electron chi connectivity index (χ2n) is 8.78.